The van der Waals surface area contributed by atoms with Crippen molar-refractivity contribution >= 4 is 31.9 Å². The zero-order valence-corrected chi connectivity index (χ0v) is 14.4. The zero-order chi connectivity index (χ0) is 13.9. The molecule has 0 amide bonds. The van der Waals surface area contributed by atoms with Crippen molar-refractivity contribution in [2.75, 3.05) is 0 Å². The van der Waals surface area contributed by atoms with Gasteiger partial charge in [-0.1, -0.05) is 40.2 Å². The lowest BCUT2D eigenvalue weighted by atomic mass is 9.91. The highest BCUT2D eigenvalue weighted by Crippen LogP contribution is 2.40. The number of aryl methyl sites for hydroxylation is 1. The molecule has 0 fully saturated rings. The summed E-state index contributed by atoms with van der Waals surface area (Å²) in [6, 6.07) is 11.0. The highest BCUT2D eigenvalue weighted by atomic mass is 79.9. The lowest BCUT2D eigenvalue weighted by Gasteiger charge is -2.21. The molecule has 1 aliphatic carbocycles. The van der Waals surface area contributed by atoms with Crippen molar-refractivity contribution in [3.05, 3.63) is 63.9 Å². The number of nitrogens with zero attached hydrogens (tertiary/aromatic N) is 1. The molecule has 3 heteroatoms. The van der Waals surface area contributed by atoms with E-state index in [4.69, 9.17) is 0 Å². The van der Waals surface area contributed by atoms with Gasteiger partial charge in [-0.2, -0.15) is 0 Å². The second-order valence-corrected chi connectivity index (χ2v) is 7.37. The Morgan fingerprint density at radius 3 is 2.90 bits per heavy atom. The third-order valence-electron chi connectivity index (χ3n) is 4.05. The molecule has 2 unspecified atom stereocenters. The van der Waals surface area contributed by atoms with Gasteiger partial charge in [0.05, 0.1) is 0 Å². The van der Waals surface area contributed by atoms with E-state index in [1.54, 1.807) is 0 Å². The molecule has 0 aliphatic heterocycles. The number of benzene rings is 1. The van der Waals surface area contributed by atoms with E-state index < -0.39 is 0 Å². The highest BCUT2D eigenvalue weighted by molar-refractivity contribution is 9.10. The maximum Gasteiger partial charge on any atom is 0.0429 e. The molecule has 0 spiro atoms. The van der Waals surface area contributed by atoms with Gasteiger partial charge in [0.2, 0.25) is 0 Å². The van der Waals surface area contributed by atoms with Crippen LogP contribution in [0.2, 0.25) is 0 Å². The third kappa shape index (κ3) is 3.15. The maximum atomic E-state index is 4.28. The fraction of sp³-hybridized carbons (Fsp3) is 0.353. The highest BCUT2D eigenvalue weighted by Gasteiger charge is 2.25. The Kier molecular flexibility index (Phi) is 4.57. The van der Waals surface area contributed by atoms with Crippen molar-refractivity contribution in [2.24, 2.45) is 5.92 Å². The molecule has 20 heavy (non-hydrogen) atoms. The van der Waals surface area contributed by atoms with Gasteiger partial charge in [-0.3, -0.25) is 4.98 Å². The second kappa shape index (κ2) is 6.40. The molecule has 2 atom stereocenters. The third-order valence-corrected chi connectivity index (χ3v) is 5.72. The van der Waals surface area contributed by atoms with E-state index in [1.165, 1.54) is 36.0 Å². The summed E-state index contributed by atoms with van der Waals surface area (Å²) in [6.45, 7) is 0. The van der Waals surface area contributed by atoms with E-state index in [-0.39, 0.29) is 0 Å². The molecule has 1 nitrogen and oxygen atoms in total. The van der Waals surface area contributed by atoms with Crippen molar-refractivity contribution in [1.29, 1.82) is 0 Å². The van der Waals surface area contributed by atoms with E-state index in [0.717, 1.165) is 10.9 Å². The van der Waals surface area contributed by atoms with Crippen LogP contribution >= 0.6 is 31.9 Å². The van der Waals surface area contributed by atoms with Crippen molar-refractivity contribution in [3.63, 3.8) is 0 Å². The summed E-state index contributed by atoms with van der Waals surface area (Å²) in [5.74, 6) is 0.634. The number of fused-ring (bicyclic) bond motifs is 1. The number of pyridine rings is 1. The molecule has 1 aromatic carbocycles. The van der Waals surface area contributed by atoms with Crippen molar-refractivity contribution in [1.82, 2.24) is 4.98 Å². The van der Waals surface area contributed by atoms with Crippen LogP contribution in [0.5, 0.6) is 0 Å². The smallest absolute Gasteiger partial charge is 0.0429 e. The lowest BCUT2D eigenvalue weighted by molar-refractivity contribution is 0.474. The predicted octanol–water partition coefficient (Wildman–Crippen LogP) is 5.48. The van der Waals surface area contributed by atoms with Gasteiger partial charge in [0.1, 0.15) is 0 Å². The minimum Gasteiger partial charge on any atom is -0.263 e. The molecule has 3 rings (SSSR count). The Hall–Kier alpha value is -0.670. The average Bonchev–Trinajstić information content (AvgIpc) is 2.60. The standard InChI is InChI=1S/C17H17Br2N/c18-15-9-12(10-20-11-15)8-14-6-3-5-13-4-1-2-7-16(13)17(14)19/h1-2,4,7,9-11,14,17H,3,5-6,8H2. The first-order valence-electron chi connectivity index (χ1n) is 7.05. The van der Waals surface area contributed by atoms with Gasteiger partial charge in [-0.25, -0.2) is 0 Å². The van der Waals surface area contributed by atoms with Crippen LogP contribution in [0.25, 0.3) is 0 Å². The summed E-state index contributed by atoms with van der Waals surface area (Å²) in [5.41, 5.74) is 4.29. The molecule has 0 N–H and O–H groups in total. The molecule has 1 aliphatic rings. The molecule has 0 bridgehead atoms. The normalized spacial score (nSPS) is 22.1. The van der Waals surface area contributed by atoms with E-state index in [1.807, 2.05) is 12.4 Å². The number of alkyl halides is 1. The summed E-state index contributed by atoms with van der Waals surface area (Å²) in [6.07, 6.45) is 8.64. The van der Waals surface area contributed by atoms with Gasteiger partial charge < -0.3 is 0 Å². The fourth-order valence-electron chi connectivity index (χ4n) is 3.06. The van der Waals surface area contributed by atoms with E-state index in [2.05, 4.69) is 67.2 Å². The maximum absolute atomic E-state index is 4.28. The average molecular weight is 395 g/mol. The van der Waals surface area contributed by atoms with Gasteiger partial charge >= 0.3 is 0 Å². The fourth-order valence-corrected chi connectivity index (χ4v) is 4.37. The van der Waals surface area contributed by atoms with Crippen LogP contribution in [0.4, 0.5) is 0 Å². The largest absolute Gasteiger partial charge is 0.263 e. The first-order chi connectivity index (χ1) is 9.74. The van der Waals surface area contributed by atoms with Crippen LogP contribution in [-0.2, 0) is 12.8 Å². The van der Waals surface area contributed by atoms with Crippen molar-refractivity contribution in [2.45, 2.75) is 30.5 Å². The Balaban J connectivity index is 1.84. The summed E-state index contributed by atoms with van der Waals surface area (Å²) in [4.78, 5) is 4.72. The molecule has 0 radical (unpaired) electrons. The van der Waals surface area contributed by atoms with E-state index >= 15 is 0 Å². The minimum atomic E-state index is 0.445. The van der Waals surface area contributed by atoms with Gasteiger partial charge in [0.15, 0.2) is 0 Å². The van der Waals surface area contributed by atoms with Crippen LogP contribution in [-0.4, -0.2) is 4.98 Å². The Morgan fingerprint density at radius 2 is 2.05 bits per heavy atom. The zero-order valence-electron chi connectivity index (χ0n) is 11.2. The molecule has 0 saturated carbocycles. The van der Waals surface area contributed by atoms with Crippen molar-refractivity contribution in [3.8, 4) is 0 Å². The molecule has 104 valence electrons. The van der Waals surface area contributed by atoms with Gasteiger partial charge in [-0.15, -0.1) is 0 Å². The quantitative estimate of drug-likeness (QED) is 0.485. The van der Waals surface area contributed by atoms with E-state index in [9.17, 15) is 0 Å². The van der Waals surface area contributed by atoms with Crippen LogP contribution in [0.15, 0.2) is 47.2 Å². The van der Waals surface area contributed by atoms with Crippen LogP contribution in [0.3, 0.4) is 0 Å². The van der Waals surface area contributed by atoms with Gasteiger partial charge in [0, 0.05) is 21.7 Å². The Labute approximate surface area is 137 Å². The molecule has 1 aromatic heterocycles. The Bertz CT molecular complexity index is 597. The molecule has 2 aromatic rings. The molecule has 1 heterocycles. The SMILES string of the molecule is Brc1cncc(CC2CCCc3ccccc3C2Br)c1. The monoisotopic (exact) mass is 393 g/mol. The van der Waals surface area contributed by atoms with E-state index in [0.29, 0.717) is 10.7 Å². The molecular weight excluding hydrogens is 378 g/mol. The number of hydrogen-bond donors (Lipinski definition) is 0. The molecule has 0 saturated heterocycles. The second-order valence-electron chi connectivity index (χ2n) is 5.47. The summed E-state index contributed by atoms with van der Waals surface area (Å²) < 4.78 is 1.06. The van der Waals surface area contributed by atoms with Gasteiger partial charge in [-0.05, 0) is 70.3 Å². The summed E-state index contributed by atoms with van der Waals surface area (Å²) in [7, 11) is 0. The first kappa shape index (κ1) is 14.3. The summed E-state index contributed by atoms with van der Waals surface area (Å²) in [5, 5.41) is 0. The number of halogens is 2. The van der Waals surface area contributed by atoms with Crippen LogP contribution in [0.1, 0.15) is 34.4 Å². The Morgan fingerprint density at radius 1 is 1.20 bits per heavy atom. The summed E-state index contributed by atoms with van der Waals surface area (Å²) >= 11 is 7.46. The lowest BCUT2D eigenvalue weighted by Crippen LogP contribution is -2.10. The van der Waals surface area contributed by atoms with Crippen LogP contribution in [0, 0.1) is 5.92 Å². The predicted molar refractivity (Wildman–Crippen MR) is 90.2 cm³/mol. The van der Waals surface area contributed by atoms with Crippen molar-refractivity contribution < 1.29 is 0 Å². The topological polar surface area (TPSA) is 12.9 Å². The number of hydrogen-bond acceptors (Lipinski definition) is 1. The first-order valence-corrected chi connectivity index (χ1v) is 8.76. The van der Waals surface area contributed by atoms with Crippen LogP contribution < -0.4 is 0 Å². The number of aromatic nitrogens is 1. The minimum absolute atomic E-state index is 0.445. The molecular formula is C17H17Br2N. The van der Waals surface area contributed by atoms with Gasteiger partial charge in [0.25, 0.3) is 0 Å². The number of rotatable bonds is 2.